The number of nitrogens with one attached hydrogen (secondary N) is 1. The zero-order valence-electron chi connectivity index (χ0n) is 15.0. The molecule has 4 heterocycles. The highest BCUT2D eigenvalue weighted by Gasteiger charge is 2.43. The number of fused-ring (bicyclic) bond motifs is 4. The number of ether oxygens (including phenoxy) is 1. The summed E-state index contributed by atoms with van der Waals surface area (Å²) in [5.74, 6) is 0.546. The van der Waals surface area contributed by atoms with Crippen LogP contribution in [0.25, 0.3) is 0 Å². The molecule has 25 heavy (non-hydrogen) atoms. The molecule has 5 rings (SSSR count). The first-order valence-corrected chi connectivity index (χ1v) is 9.23. The van der Waals surface area contributed by atoms with E-state index < -0.39 is 0 Å². The van der Waals surface area contributed by atoms with Gasteiger partial charge in [-0.2, -0.15) is 5.10 Å². The minimum atomic E-state index is -0.0869. The summed E-state index contributed by atoms with van der Waals surface area (Å²) >= 11 is 0. The van der Waals surface area contributed by atoms with Crippen molar-refractivity contribution in [1.82, 2.24) is 20.0 Å². The SMILES string of the molecule is COCCN1C(=O)[C@H]2CC[C@@H]1CN(C(=O)c1c(C3CC3)n[nH]c1C)C2. The molecule has 136 valence electrons. The van der Waals surface area contributed by atoms with Gasteiger partial charge in [-0.15, -0.1) is 0 Å². The normalized spacial score (nSPS) is 26.2. The Labute approximate surface area is 147 Å². The Balaban J connectivity index is 1.57. The lowest BCUT2D eigenvalue weighted by molar-refractivity contribution is -0.140. The van der Waals surface area contributed by atoms with Crippen molar-refractivity contribution in [2.75, 3.05) is 33.4 Å². The van der Waals surface area contributed by atoms with Crippen LogP contribution < -0.4 is 0 Å². The molecule has 0 spiro atoms. The van der Waals surface area contributed by atoms with Crippen LogP contribution in [0.1, 0.15) is 53.3 Å². The monoisotopic (exact) mass is 346 g/mol. The van der Waals surface area contributed by atoms with Crippen LogP contribution in [0.4, 0.5) is 0 Å². The maximum absolute atomic E-state index is 13.2. The number of aromatic nitrogens is 2. The van der Waals surface area contributed by atoms with Crippen LogP contribution in [0.3, 0.4) is 0 Å². The molecule has 2 atom stereocenters. The summed E-state index contributed by atoms with van der Waals surface area (Å²) in [6.45, 7) is 4.19. The number of hydrogen-bond acceptors (Lipinski definition) is 4. The molecule has 1 aromatic heterocycles. The third-order valence-corrected chi connectivity index (χ3v) is 5.77. The average molecular weight is 346 g/mol. The van der Waals surface area contributed by atoms with Crippen molar-refractivity contribution in [2.24, 2.45) is 5.92 Å². The van der Waals surface area contributed by atoms with Gasteiger partial charge in [-0.3, -0.25) is 14.7 Å². The van der Waals surface area contributed by atoms with Crippen LogP contribution in [-0.4, -0.2) is 71.2 Å². The maximum Gasteiger partial charge on any atom is 0.257 e. The molecule has 0 radical (unpaired) electrons. The summed E-state index contributed by atoms with van der Waals surface area (Å²) in [6.07, 6.45) is 4.05. The van der Waals surface area contributed by atoms with Gasteiger partial charge in [0, 0.05) is 44.4 Å². The molecule has 1 saturated carbocycles. The second-order valence-corrected chi connectivity index (χ2v) is 7.55. The smallest absolute Gasteiger partial charge is 0.257 e. The van der Waals surface area contributed by atoms with Crippen LogP contribution in [0.2, 0.25) is 0 Å². The highest BCUT2D eigenvalue weighted by molar-refractivity contribution is 5.97. The second-order valence-electron chi connectivity index (χ2n) is 7.55. The summed E-state index contributed by atoms with van der Waals surface area (Å²) < 4.78 is 5.15. The number of rotatable bonds is 5. The lowest BCUT2D eigenvalue weighted by Gasteiger charge is -2.35. The van der Waals surface area contributed by atoms with Gasteiger partial charge in [0.1, 0.15) is 0 Å². The maximum atomic E-state index is 13.2. The Kier molecular flexibility index (Phi) is 4.27. The number of amides is 2. The van der Waals surface area contributed by atoms with Crippen molar-refractivity contribution in [2.45, 2.75) is 44.6 Å². The van der Waals surface area contributed by atoms with Crippen molar-refractivity contribution in [3.05, 3.63) is 17.0 Å². The fourth-order valence-corrected chi connectivity index (χ4v) is 4.22. The Bertz CT molecular complexity index is 682. The fourth-order valence-electron chi connectivity index (χ4n) is 4.22. The number of piperidine rings is 1. The molecule has 2 bridgehead atoms. The van der Waals surface area contributed by atoms with E-state index in [-0.39, 0.29) is 23.8 Å². The lowest BCUT2D eigenvalue weighted by atomic mass is 9.94. The van der Waals surface area contributed by atoms with Crippen LogP contribution in [0, 0.1) is 12.8 Å². The van der Waals surface area contributed by atoms with Gasteiger partial charge >= 0.3 is 0 Å². The van der Waals surface area contributed by atoms with E-state index in [1.165, 1.54) is 0 Å². The molecule has 0 unspecified atom stereocenters. The van der Waals surface area contributed by atoms with Crippen LogP contribution in [0.5, 0.6) is 0 Å². The first-order chi connectivity index (χ1) is 12.1. The predicted molar refractivity (Wildman–Crippen MR) is 91.3 cm³/mol. The number of aryl methyl sites for hydroxylation is 1. The molecule has 0 aromatic carbocycles. The molecule has 2 amide bonds. The quantitative estimate of drug-likeness (QED) is 0.872. The van der Waals surface area contributed by atoms with Crippen molar-refractivity contribution >= 4 is 11.8 Å². The largest absolute Gasteiger partial charge is 0.383 e. The summed E-state index contributed by atoms with van der Waals surface area (Å²) in [5, 5.41) is 7.36. The fraction of sp³-hybridized carbons (Fsp3) is 0.722. The Hall–Kier alpha value is -1.89. The topological polar surface area (TPSA) is 78.5 Å². The van der Waals surface area contributed by atoms with Crippen LogP contribution in [-0.2, 0) is 9.53 Å². The second kappa shape index (κ2) is 6.44. The zero-order valence-corrected chi connectivity index (χ0v) is 15.0. The number of carbonyl (C=O) groups is 2. The van der Waals surface area contributed by atoms with Gasteiger partial charge in [-0.1, -0.05) is 0 Å². The molecule has 7 heteroatoms. The molecular formula is C18H26N4O3. The van der Waals surface area contributed by atoms with Crippen molar-refractivity contribution < 1.29 is 14.3 Å². The number of methoxy groups -OCH3 is 1. The number of carbonyl (C=O) groups excluding carboxylic acids is 2. The minimum absolute atomic E-state index is 0.0337. The highest BCUT2D eigenvalue weighted by Crippen LogP contribution is 2.41. The van der Waals surface area contributed by atoms with Crippen LogP contribution in [0.15, 0.2) is 0 Å². The Morgan fingerprint density at radius 1 is 1.24 bits per heavy atom. The van der Waals surface area contributed by atoms with E-state index in [0.29, 0.717) is 32.2 Å². The Morgan fingerprint density at radius 2 is 2.00 bits per heavy atom. The molecule has 3 saturated heterocycles. The third-order valence-electron chi connectivity index (χ3n) is 5.77. The summed E-state index contributed by atoms with van der Waals surface area (Å²) in [6, 6.07) is 0.0990. The third kappa shape index (κ3) is 2.94. The van der Waals surface area contributed by atoms with Crippen molar-refractivity contribution in [3.63, 3.8) is 0 Å². The number of aromatic amines is 1. The zero-order chi connectivity index (χ0) is 17.6. The molecular weight excluding hydrogens is 320 g/mol. The van der Waals surface area contributed by atoms with Gasteiger partial charge in [0.25, 0.3) is 5.91 Å². The van der Waals surface area contributed by atoms with Gasteiger partial charge in [0.05, 0.1) is 23.8 Å². The number of H-pyrrole nitrogens is 1. The molecule has 4 aliphatic rings. The standard InChI is InChI=1S/C18H26N4O3/c1-11-15(16(20-19-11)12-3-4-12)18(24)21-9-13-5-6-14(10-21)22(17(13)23)7-8-25-2/h12-14H,3-10H2,1-2H3,(H,19,20)/t13-,14+/m0/s1. The van der Waals surface area contributed by atoms with Gasteiger partial charge in [0.2, 0.25) is 5.91 Å². The Morgan fingerprint density at radius 3 is 2.72 bits per heavy atom. The summed E-state index contributed by atoms with van der Waals surface area (Å²) in [4.78, 5) is 29.8. The van der Waals surface area contributed by atoms with E-state index in [2.05, 4.69) is 10.2 Å². The highest BCUT2D eigenvalue weighted by atomic mass is 16.5. The predicted octanol–water partition coefficient (Wildman–Crippen LogP) is 1.30. The first-order valence-electron chi connectivity index (χ1n) is 9.23. The molecule has 4 fully saturated rings. The van der Waals surface area contributed by atoms with E-state index in [1.54, 1.807) is 7.11 Å². The molecule has 1 aliphatic carbocycles. The lowest BCUT2D eigenvalue weighted by Crippen LogP contribution is -2.49. The molecule has 1 N–H and O–H groups in total. The van der Waals surface area contributed by atoms with Crippen molar-refractivity contribution in [1.29, 1.82) is 0 Å². The van der Waals surface area contributed by atoms with E-state index >= 15 is 0 Å². The van der Waals surface area contributed by atoms with E-state index in [9.17, 15) is 9.59 Å². The number of hydrogen-bond donors (Lipinski definition) is 1. The van der Waals surface area contributed by atoms with Crippen molar-refractivity contribution in [3.8, 4) is 0 Å². The van der Waals surface area contributed by atoms with Gasteiger partial charge in [-0.25, -0.2) is 0 Å². The molecule has 7 nitrogen and oxygen atoms in total. The average Bonchev–Trinajstić information content (AvgIpc) is 3.41. The minimum Gasteiger partial charge on any atom is -0.383 e. The summed E-state index contributed by atoms with van der Waals surface area (Å²) in [5.41, 5.74) is 2.49. The molecule has 3 aliphatic heterocycles. The van der Waals surface area contributed by atoms with Gasteiger partial charge in [-0.05, 0) is 32.6 Å². The first kappa shape index (κ1) is 16.6. The number of nitrogens with zero attached hydrogens (tertiary/aromatic N) is 3. The van der Waals surface area contributed by atoms with Gasteiger partial charge < -0.3 is 14.5 Å². The summed E-state index contributed by atoms with van der Waals surface area (Å²) in [7, 11) is 1.65. The van der Waals surface area contributed by atoms with E-state index in [0.717, 1.165) is 42.6 Å². The van der Waals surface area contributed by atoms with Gasteiger partial charge in [0.15, 0.2) is 0 Å². The van der Waals surface area contributed by atoms with E-state index in [4.69, 9.17) is 4.74 Å². The molecule has 1 aromatic rings. The van der Waals surface area contributed by atoms with E-state index in [1.807, 2.05) is 16.7 Å². The van der Waals surface area contributed by atoms with Crippen LogP contribution >= 0.6 is 0 Å².